The summed E-state index contributed by atoms with van der Waals surface area (Å²) >= 11 is 4.57. The second-order valence-corrected chi connectivity index (χ2v) is 17.6. The Morgan fingerprint density at radius 1 is 0.472 bits per heavy atom. The molecule has 4 aromatic carbocycles. The summed E-state index contributed by atoms with van der Waals surface area (Å²) in [4.78, 5) is 75.7. The van der Waals surface area contributed by atoms with E-state index in [4.69, 9.17) is 69.6 Å². The van der Waals surface area contributed by atoms with Crippen LogP contribution in [-0.2, 0) is 64.0 Å². The zero-order valence-electron chi connectivity index (χ0n) is 37.8. The van der Waals surface area contributed by atoms with Gasteiger partial charge in [0.25, 0.3) is 0 Å². The van der Waals surface area contributed by atoms with Gasteiger partial charge in [-0.05, 0) is 179 Å². The molecule has 6 rings (SSSR count). The molecule has 2 aliphatic rings. The van der Waals surface area contributed by atoms with Gasteiger partial charge in [-0.3, -0.25) is 9.59 Å². The van der Waals surface area contributed by atoms with Gasteiger partial charge in [0.1, 0.15) is 0 Å². The minimum absolute atomic E-state index is 0.0673. The molecule has 0 aromatic heterocycles. The number of rotatable bonds is 14. The highest BCUT2D eigenvalue weighted by atomic mass is 127. The molecule has 2 aliphatic heterocycles. The first-order valence-electron chi connectivity index (χ1n) is 21.2. The maximum Gasteiger partial charge on any atom is 0.414 e. The zero-order valence-corrected chi connectivity index (χ0v) is 42.1. The van der Waals surface area contributed by atoms with Crippen LogP contribution in [0.1, 0.15) is 71.1 Å². The van der Waals surface area contributed by atoms with E-state index in [0.29, 0.717) is 25.9 Å². The van der Waals surface area contributed by atoms with Crippen molar-refractivity contribution in [1.82, 2.24) is 10.6 Å². The lowest BCUT2D eigenvalue weighted by atomic mass is 9.90. The van der Waals surface area contributed by atoms with E-state index >= 15 is 0 Å². The van der Waals surface area contributed by atoms with Crippen LogP contribution in [0.15, 0.2) is 60.7 Å². The van der Waals surface area contributed by atoms with Crippen molar-refractivity contribution in [3.8, 4) is 23.0 Å². The van der Waals surface area contributed by atoms with Crippen molar-refractivity contribution in [2.75, 3.05) is 36.8 Å². The van der Waals surface area contributed by atoms with Crippen LogP contribution in [0.3, 0.4) is 0 Å². The van der Waals surface area contributed by atoms with Crippen LogP contribution in [0, 0.1) is 7.14 Å². The number of hydrogen-bond donors (Lipinski definition) is 16. The molecule has 390 valence electrons. The average molecular weight is 1230 g/mol. The molecule has 0 aliphatic carbocycles. The number of carboxylic acid groups (broad SMARTS) is 8. The summed E-state index contributed by atoms with van der Waals surface area (Å²) in [6.45, 7) is 2.92. The Labute approximate surface area is 436 Å². The molecule has 0 amide bonds. The summed E-state index contributed by atoms with van der Waals surface area (Å²) in [5, 5.41) is 114. The largest absolute Gasteiger partial charge is 0.504 e. The Bertz CT molecular complexity index is 2360. The summed E-state index contributed by atoms with van der Waals surface area (Å²) in [7, 11) is 0. The van der Waals surface area contributed by atoms with Crippen LogP contribution in [0.5, 0.6) is 23.0 Å². The minimum Gasteiger partial charge on any atom is -0.504 e. The number of carboxylic acids is 8. The van der Waals surface area contributed by atoms with Crippen LogP contribution in [0.2, 0.25) is 0 Å². The molecule has 24 nitrogen and oxygen atoms in total. The number of fused-ring (bicyclic) bond motifs is 2. The molecular formula is C46H52I2N4O20. The molecule has 72 heavy (non-hydrogen) atoms. The van der Waals surface area contributed by atoms with E-state index in [9.17, 15) is 30.0 Å². The number of aromatic hydroxyl groups is 4. The first-order valence-corrected chi connectivity index (χ1v) is 23.4. The highest BCUT2D eigenvalue weighted by molar-refractivity contribution is 14.1. The number of phenols is 4. The van der Waals surface area contributed by atoms with Crippen LogP contribution in [-0.4, -0.2) is 135 Å². The fourth-order valence-electron chi connectivity index (χ4n) is 6.76. The van der Waals surface area contributed by atoms with Gasteiger partial charge in [-0.15, -0.1) is 0 Å². The molecule has 0 saturated carbocycles. The summed E-state index contributed by atoms with van der Waals surface area (Å²) in [6, 6.07) is 19.2. The van der Waals surface area contributed by atoms with Gasteiger partial charge in [0.2, 0.25) is 0 Å². The third-order valence-electron chi connectivity index (χ3n) is 10.1. The van der Waals surface area contributed by atoms with Crippen molar-refractivity contribution < 1.29 is 99.6 Å². The van der Waals surface area contributed by atoms with Crippen molar-refractivity contribution in [3.05, 3.63) is 101 Å². The Morgan fingerprint density at radius 2 is 0.778 bits per heavy atom. The third kappa shape index (κ3) is 21.9. The topological polar surface area (TPSA) is 427 Å². The van der Waals surface area contributed by atoms with E-state index in [1.807, 2.05) is 12.1 Å². The van der Waals surface area contributed by atoms with Gasteiger partial charge in [0, 0.05) is 56.5 Å². The van der Waals surface area contributed by atoms with Gasteiger partial charge < -0.3 is 82.5 Å². The molecule has 16 N–H and O–H groups in total. The molecule has 0 fully saturated rings. The summed E-state index contributed by atoms with van der Waals surface area (Å²) in [6.07, 6.45) is 4.73. The second kappa shape index (κ2) is 30.5. The Hall–Kier alpha value is -7.18. The lowest BCUT2D eigenvalue weighted by Gasteiger charge is -2.27. The van der Waals surface area contributed by atoms with Gasteiger partial charge in [0.15, 0.2) is 23.0 Å². The predicted molar refractivity (Wildman–Crippen MR) is 271 cm³/mol. The van der Waals surface area contributed by atoms with E-state index in [1.165, 1.54) is 11.1 Å². The highest BCUT2D eigenvalue weighted by Gasteiger charge is 2.24. The first kappa shape index (κ1) is 60.9. The van der Waals surface area contributed by atoms with Gasteiger partial charge in [-0.2, -0.15) is 0 Å². The second-order valence-electron chi connectivity index (χ2n) is 15.3. The van der Waals surface area contributed by atoms with Gasteiger partial charge in [-0.25, -0.2) is 28.8 Å². The molecule has 0 saturated heterocycles. The van der Waals surface area contributed by atoms with Crippen molar-refractivity contribution in [2.45, 2.75) is 63.5 Å². The Kier molecular flexibility index (Phi) is 25.8. The first-order chi connectivity index (χ1) is 33.8. The molecule has 2 heterocycles. The van der Waals surface area contributed by atoms with Gasteiger partial charge in [-0.1, -0.05) is 12.1 Å². The minimum atomic E-state index is -1.82. The average Bonchev–Trinajstić information content (AvgIpc) is 3.29. The molecule has 4 aromatic rings. The number of carbonyl (C=O) groups is 8. The number of nitrogens with one attached hydrogen (secondary N) is 4. The molecule has 0 unspecified atom stereocenters. The fraction of sp³-hybridized carbons (Fsp3) is 0.304. The monoisotopic (exact) mass is 1230 g/mol. The van der Waals surface area contributed by atoms with Crippen molar-refractivity contribution in [2.24, 2.45) is 0 Å². The maximum absolute atomic E-state index is 10.6. The predicted octanol–water partition coefficient (Wildman–Crippen LogP) is 4.28. The third-order valence-corrected chi connectivity index (χ3v) is 11.8. The van der Waals surface area contributed by atoms with E-state index in [1.54, 1.807) is 24.3 Å². The molecule has 2 atom stereocenters. The number of anilines is 2. The Balaban J connectivity index is 0.000000369. The lowest BCUT2D eigenvalue weighted by molar-refractivity contribution is -0.159. The quantitative estimate of drug-likeness (QED) is 0.0362. The normalized spacial score (nSPS) is 13.8. The van der Waals surface area contributed by atoms with E-state index in [2.05, 4.69) is 90.7 Å². The van der Waals surface area contributed by atoms with E-state index in [0.717, 1.165) is 79.5 Å². The van der Waals surface area contributed by atoms with Crippen molar-refractivity contribution in [3.63, 3.8) is 0 Å². The number of benzene rings is 4. The molecule has 0 radical (unpaired) electrons. The summed E-state index contributed by atoms with van der Waals surface area (Å²) in [5.74, 6) is -12.8. The maximum atomic E-state index is 10.6. The van der Waals surface area contributed by atoms with Crippen LogP contribution in [0.25, 0.3) is 0 Å². The van der Waals surface area contributed by atoms with E-state index < -0.39 is 47.8 Å². The number of phenolic OH excluding ortho intramolecular Hbond substituents is 4. The highest BCUT2D eigenvalue weighted by Crippen LogP contribution is 2.37. The van der Waals surface area contributed by atoms with Crippen LogP contribution >= 0.6 is 45.2 Å². The van der Waals surface area contributed by atoms with Gasteiger partial charge >= 0.3 is 47.8 Å². The Morgan fingerprint density at radius 3 is 1.06 bits per heavy atom. The van der Waals surface area contributed by atoms with E-state index in [-0.39, 0.29) is 47.9 Å². The molecule has 26 heteroatoms. The number of aliphatic carboxylic acids is 8. The van der Waals surface area contributed by atoms with Gasteiger partial charge in [0.05, 0.1) is 0 Å². The molecule has 0 bridgehead atoms. The summed E-state index contributed by atoms with van der Waals surface area (Å²) < 4.78 is 2.18. The van der Waals surface area contributed by atoms with Crippen LogP contribution in [0.4, 0.5) is 11.4 Å². The molecule has 0 spiro atoms. The fourth-order valence-corrected chi connectivity index (χ4v) is 8.30. The van der Waals surface area contributed by atoms with Crippen molar-refractivity contribution in [1.29, 1.82) is 0 Å². The summed E-state index contributed by atoms with van der Waals surface area (Å²) in [5.41, 5.74) is 8.56. The molecular weight excluding hydrogens is 1180 g/mol. The SMILES string of the molecule is O=C(O)C(=O)O.O=C(O)C(=O)O.O=C(O)C(=O)O.O=C(O)CCCNc1ccc(C[C@H]2NCCc3cc(O)c(O)cc32)cc1I.O=C(O)CCCNc1ccc(C[C@H]2NCCc3cc(O)c(O)cc32)cc1I. The number of halogens is 2. The smallest absolute Gasteiger partial charge is 0.414 e. The van der Waals surface area contributed by atoms with Crippen LogP contribution < -0.4 is 21.3 Å². The standard InChI is InChI=1S/2C20H23IN2O4.3C2H2O4/c2*21-15-8-12(3-4-16(15)22-6-1-2-20(26)27)9-17-14-11-19(25)18(24)10-13(14)5-7-23-17;3*3-1(4)2(5)6/h2*3-4,8,10-11,17,22-25H,1-2,5-7,9H2,(H,26,27);3*(H,3,4)(H,5,6)/t2*17-;;;/m11.../s1. The number of hydrogen-bond acceptors (Lipinski definition) is 16. The lowest BCUT2D eigenvalue weighted by Crippen LogP contribution is -2.31. The van der Waals surface area contributed by atoms with Crippen molar-refractivity contribution >= 4 is 104 Å². The zero-order chi connectivity index (χ0) is 54.2.